The molecule has 0 saturated heterocycles. The van der Waals surface area contributed by atoms with E-state index in [4.69, 9.17) is 11.5 Å². The zero-order valence-electron chi connectivity index (χ0n) is 12.4. The molecular formula is C11H16N6O6. The maximum absolute atomic E-state index is 11.8. The van der Waals surface area contributed by atoms with Crippen LogP contribution in [0.5, 0.6) is 5.88 Å². The monoisotopic (exact) mass is 328 g/mol. The lowest BCUT2D eigenvalue weighted by molar-refractivity contribution is -0.383. The summed E-state index contributed by atoms with van der Waals surface area (Å²) in [5, 5.41) is 16.1. The van der Waals surface area contributed by atoms with E-state index in [-0.39, 0.29) is 18.3 Å². The van der Waals surface area contributed by atoms with Gasteiger partial charge in [-0.05, 0) is 6.92 Å². The smallest absolute Gasteiger partial charge is 0.391 e. The van der Waals surface area contributed by atoms with Gasteiger partial charge in [0.25, 0.3) is 0 Å². The number of nitro groups is 1. The van der Waals surface area contributed by atoms with Crippen molar-refractivity contribution in [2.45, 2.75) is 13.0 Å². The highest BCUT2D eigenvalue weighted by Gasteiger charge is 2.25. The minimum atomic E-state index is -1.16. The van der Waals surface area contributed by atoms with Gasteiger partial charge >= 0.3 is 11.8 Å². The number of nitrogens with one attached hydrogen (secondary N) is 2. The molecule has 12 nitrogen and oxygen atoms in total. The molecule has 0 spiro atoms. The molecule has 0 aromatic carbocycles. The van der Waals surface area contributed by atoms with Crippen LogP contribution in [0.25, 0.3) is 0 Å². The molecular weight excluding hydrogens is 312 g/mol. The highest BCUT2D eigenvalue weighted by Crippen LogP contribution is 2.33. The van der Waals surface area contributed by atoms with E-state index in [0.717, 1.165) is 6.07 Å². The van der Waals surface area contributed by atoms with Crippen LogP contribution in [0.4, 0.5) is 22.0 Å². The number of primary amides is 1. The van der Waals surface area contributed by atoms with Crippen molar-refractivity contribution in [3.63, 3.8) is 0 Å². The lowest BCUT2D eigenvalue weighted by Gasteiger charge is -2.16. The number of carbonyl (C=O) groups excluding carboxylic acids is 2. The van der Waals surface area contributed by atoms with Crippen LogP contribution in [0, 0.1) is 10.1 Å². The third-order valence-electron chi connectivity index (χ3n) is 2.54. The van der Waals surface area contributed by atoms with Crippen molar-refractivity contribution >= 4 is 29.2 Å². The molecule has 2 amide bonds. The van der Waals surface area contributed by atoms with E-state index in [9.17, 15) is 19.7 Å². The molecule has 12 heteroatoms. The quantitative estimate of drug-likeness (QED) is 0.292. The summed E-state index contributed by atoms with van der Waals surface area (Å²) in [5.41, 5.74) is 9.62. The number of carbonyl (C=O) groups is 2. The molecule has 0 aliphatic rings. The average molecular weight is 328 g/mol. The van der Waals surface area contributed by atoms with E-state index >= 15 is 0 Å². The summed E-state index contributed by atoms with van der Waals surface area (Å²) in [6, 6.07) is 0.173. The van der Waals surface area contributed by atoms with Crippen LogP contribution in [0.2, 0.25) is 0 Å². The van der Waals surface area contributed by atoms with Crippen molar-refractivity contribution in [2.24, 2.45) is 5.73 Å². The molecule has 23 heavy (non-hydrogen) atoms. The van der Waals surface area contributed by atoms with Crippen molar-refractivity contribution in [3.05, 3.63) is 16.2 Å². The Morgan fingerprint density at radius 1 is 1.52 bits per heavy atom. The molecule has 126 valence electrons. The maximum atomic E-state index is 11.8. The number of anilines is 2. The van der Waals surface area contributed by atoms with Gasteiger partial charge in [-0.15, -0.1) is 0 Å². The van der Waals surface area contributed by atoms with Gasteiger partial charge in [-0.2, -0.15) is 4.98 Å². The fraction of sp³-hybridized carbons (Fsp3) is 0.364. The first-order chi connectivity index (χ1) is 10.8. The first-order valence-corrected chi connectivity index (χ1v) is 6.21. The number of amides is 2. The van der Waals surface area contributed by atoms with Crippen molar-refractivity contribution in [1.29, 1.82) is 0 Å². The number of methoxy groups -OCH3 is 1. The summed E-state index contributed by atoms with van der Waals surface area (Å²) >= 11 is 0. The number of pyridine rings is 1. The Morgan fingerprint density at radius 3 is 2.70 bits per heavy atom. The topological polar surface area (TPSA) is 185 Å². The Morgan fingerprint density at radius 2 is 2.17 bits per heavy atom. The number of aromatic nitrogens is 1. The Kier molecular flexibility index (Phi) is 6.03. The second-order valence-electron chi connectivity index (χ2n) is 4.26. The van der Waals surface area contributed by atoms with Gasteiger partial charge < -0.3 is 31.6 Å². The van der Waals surface area contributed by atoms with Crippen molar-refractivity contribution in [3.8, 4) is 5.88 Å². The number of nitrogens with zero attached hydrogens (tertiary/aromatic N) is 2. The fourth-order valence-corrected chi connectivity index (χ4v) is 1.59. The molecule has 0 radical (unpaired) electrons. The van der Waals surface area contributed by atoms with E-state index in [0.29, 0.717) is 0 Å². The van der Waals surface area contributed by atoms with E-state index < -0.39 is 34.5 Å². The molecule has 0 fully saturated rings. The molecule has 0 aliphatic heterocycles. The van der Waals surface area contributed by atoms with Crippen LogP contribution >= 0.6 is 0 Å². The van der Waals surface area contributed by atoms with Crippen molar-refractivity contribution < 1.29 is 24.0 Å². The SMILES string of the molecule is COCNC(=O)C(C)Nc1cc(OC(N)=O)nc(N)c1[N+](=O)[O-]. The largest absolute Gasteiger partial charge is 0.411 e. The Hall–Kier alpha value is -3.15. The summed E-state index contributed by atoms with van der Waals surface area (Å²) in [6.07, 6.45) is -1.16. The van der Waals surface area contributed by atoms with E-state index in [1.54, 1.807) is 0 Å². The van der Waals surface area contributed by atoms with Gasteiger partial charge in [0.1, 0.15) is 18.5 Å². The average Bonchev–Trinajstić information content (AvgIpc) is 2.42. The van der Waals surface area contributed by atoms with Gasteiger partial charge in [0, 0.05) is 13.2 Å². The first-order valence-electron chi connectivity index (χ1n) is 6.21. The normalized spacial score (nSPS) is 11.4. The molecule has 1 unspecified atom stereocenters. The molecule has 1 aromatic heterocycles. The predicted molar refractivity (Wildman–Crippen MR) is 78.6 cm³/mol. The lowest BCUT2D eigenvalue weighted by Crippen LogP contribution is -2.38. The summed E-state index contributed by atoms with van der Waals surface area (Å²) < 4.78 is 9.23. The molecule has 0 saturated carbocycles. The first kappa shape index (κ1) is 17.9. The van der Waals surface area contributed by atoms with E-state index in [1.807, 2.05) is 0 Å². The van der Waals surface area contributed by atoms with Crippen molar-refractivity contribution in [2.75, 3.05) is 24.9 Å². The minimum Gasteiger partial charge on any atom is -0.391 e. The summed E-state index contributed by atoms with van der Waals surface area (Å²) in [7, 11) is 1.39. The van der Waals surface area contributed by atoms with Gasteiger partial charge in [0.15, 0.2) is 0 Å². The number of nitrogen functional groups attached to an aromatic ring is 1. The number of hydrogen-bond donors (Lipinski definition) is 4. The highest BCUT2D eigenvalue weighted by molar-refractivity contribution is 5.86. The highest BCUT2D eigenvalue weighted by atomic mass is 16.6. The summed E-state index contributed by atoms with van der Waals surface area (Å²) in [5.74, 6) is -1.32. The van der Waals surface area contributed by atoms with E-state index in [1.165, 1.54) is 14.0 Å². The number of rotatable bonds is 7. The number of nitrogens with two attached hydrogens (primary N) is 2. The van der Waals surface area contributed by atoms with Crippen LogP contribution < -0.4 is 26.8 Å². The van der Waals surface area contributed by atoms with Crippen LogP contribution in [0.15, 0.2) is 6.07 Å². The van der Waals surface area contributed by atoms with Crippen LogP contribution in [-0.2, 0) is 9.53 Å². The maximum Gasteiger partial charge on any atom is 0.411 e. The van der Waals surface area contributed by atoms with Crippen LogP contribution in [0.3, 0.4) is 0 Å². The fourth-order valence-electron chi connectivity index (χ4n) is 1.59. The molecule has 1 atom stereocenters. The lowest BCUT2D eigenvalue weighted by atomic mass is 10.2. The molecule has 0 aliphatic carbocycles. The predicted octanol–water partition coefficient (Wildman–Crippen LogP) is -0.450. The number of hydrogen-bond acceptors (Lipinski definition) is 9. The molecule has 1 aromatic rings. The third-order valence-corrected chi connectivity index (χ3v) is 2.54. The van der Waals surface area contributed by atoms with Crippen LogP contribution in [-0.4, -0.2) is 41.8 Å². The van der Waals surface area contributed by atoms with Gasteiger partial charge in [-0.1, -0.05) is 0 Å². The van der Waals surface area contributed by atoms with E-state index in [2.05, 4.69) is 25.1 Å². The van der Waals surface area contributed by atoms with Crippen LogP contribution in [0.1, 0.15) is 6.92 Å². The molecule has 1 heterocycles. The Labute approximate surface area is 130 Å². The van der Waals surface area contributed by atoms with Gasteiger partial charge in [-0.25, -0.2) is 4.79 Å². The molecule has 1 rings (SSSR count). The standard InChI is InChI=1S/C11H16N6O6/c1-5(10(18)14-4-22-2)15-6-3-7(23-11(13)19)16-9(12)8(6)17(20)21/h3,5H,4H2,1-2H3,(H2,13,19)(H,14,18)(H3,12,15,16). The second-order valence-corrected chi connectivity index (χ2v) is 4.26. The third kappa shape index (κ3) is 4.96. The van der Waals surface area contributed by atoms with Gasteiger partial charge in [0.2, 0.25) is 17.6 Å². The van der Waals surface area contributed by atoms with Gasteiger partial charge in [0.05, 0.1) is 4.92 Å². The zero-order valence-corrected chi connectivity index (χ0v) is 12.4. The summed E-state index contributed by atoms with van der Waals surface area (Å²) in [4.78, 5) is 36.4. The molecule has 0 bridgehead atoms. The second kappa shape index (κ2) is 7.74. The Bertz CT molecular complexity index is 621. The molecule has 6 N–H and O–H groups in total. The zero-order chi connectivity index (χ0) is 17.6. The van der Waals surface area contributed by atoms with Crippen molar-refractivity contribution in [1.82, 2.24) is 10.3 Å². The Balaban J connectivity index is 3.10. The summed E-state index contributed by atoms with van der Waals surface area (Å²) in [6.45, 7) is 1.43. The van der Waals surface area contributed by atoms with Gasteiger partial charge in [-0.3, -0.25) is 14.9 Å². The minimum absolute atomic E-state index is 0.0263. The number of ether oxygens (including phenoxy) is 2.